The van der Waals surface area contributed by atoms with E-state index in [9.17, 15) is 4.79 Å². The van der Waals surface area contributed by atoms with Crippen molar-refractivity contribution >= 4 is 16.9 Å². The second-order valence-electron chi connectivity index (χ2n) is 6.47. The van der Waals surface area contributed by atoms with Gasteiger partial charge in [-0.2, -0.15) is 5.10 Å². The van der Waals surface area contributed by atoms with Gasteiger partial charge >= 0.3 is 0 Å². The number of hydrogen-bond donors (Lipinski definition) is 2. The number of nitrogens with zero attached hydrogens (tertiary/aromatic N) is 3. The molecule has 0 spiro atoms. The van der Waals surface area contributed by atoms with Gasteiger partial charge in [0, 0.05) is 30.7 Å². The molecule has 1 amide bonds. The summed E-state index contributed by atoms with van der Waals surface area (Å²) in [6.45, 7) is 3.58. The summed E-state index contributed by atoms with van der Waals surface area (Å²) in [5.41, 5.74) is 4.34. The fraction of sp³-hybridized carbons (Fsp3) is 0.316. The zero-order valence-corrected chi connectivity index (χ0v) is 14.2. The number of aryl methyl sites for hydroxylation is 1. The number of carbonyl (C=O) groups is 1. The number of fused-ring (bicyclic) bond motifs is 2. The van der Waals surface area contributed by atoms with Gasteiger partial charge in [-0.25, -0.2) is 9.67 Å². The molecule has 0 saturated carbocycles. The van der Waals surface area contributed by atoms with E-state index in [2.05, 4.69) is 45.0 Å². The minimum atomic E-state index is -0.0456. The molecule has 0 aliphatic carbocycles. The smallest absolute Gasteiger partial charge is 0.241 e. The highest BCUT2D eigenvalue weighted by molar-refractivity contribution is 5.81. The average molecular weight is 335 g/mol. The molecule has 1 unspecified atom stereocenters. The Kier molecular flexibility index (Phi) is 4.19. The number of carbonyl (C=O) groups excluding carboxylic acids is 1. The Bertz CT molecular complexity index is 917. The molecule has 0 radical (unpaired) electrons. The maximum absolute atomic E-state index is 12.3. The van der Waals surface area contributed by atoms with E-state index in [1.807, 2.05) is 19.1 Å². The van der Waals surface area contributed by atoms with E-state index >= 15 is 0 Å². The Morgan fingerprint density at radius 1 is 1.28 bits per heavy atom. The third-order valence-corrected chi connectivity index (χ3v) is 4.70. The van der Waals surface area contributed by atoms with Crippen LogP contribution in [0.4, 0.5) is 0 Å². The first kappa shape index (κ1) is 15.8. The number of benzene rings is 1. The van der Waals surface area contributed by atoms with Crippen LogP contribution in [-0.2, 0) is 24.3 Å². The van der Waals surface area contributed by atoms with Crippen molar-refractivity contribution in [1.82, 2.24) is 25.4 Å². The minimum Gasteiger partial charge on any atom is -0.353 e. The molecule has 25 heavy (non-hydrogen) atoms. The van der Waals surface area contributed by atoms with Crippen molar-refractivity contribution in [1.29, 1.82) is 0 Å². The van der Waals surface area contributed by atoms with Gasteiger partial charge in [-0.3, -0.25) is 4.79 Å². The lowest BCUT2D eigenvalue weighted by atomic mass is 9.96. The SMILES string of the molecule is Cc1nn(CC(=O)NCC2Cc3ccccc3CN2)c2ncccc12. The Morgan fingerprint density at radius 2 is 2.12 bits per heavy atom. The topological polar surface area (TPSA) is 71.8 Å². The summed E-state index contributed by atoms with van der Waals surface area (Å²) in [6.07, 6.45) is 2.66. The molecule has 2 aromatic heterocycles. The van der Waals surface area contributed by atoms with Gasteiger partial charge in [0.25, 0.3) is 0 Å². The highest BCUT2D eigenvalue weighted by atomic mass is 16.2. The van der Waals surface area contributed by atoms with Gasteiger partial charge in [0.15, 0.2) is 5.65 Å². The molecule has 0 saturated heterocycles. The standard InChI is InChI=1S/C19H21N5O/c1-13-17-7-4-8-20-19(17)24(23-13)12-18(25)22-11-16-9-14-5-2-3-6-15(14)10-21-16/h2-8,16,21H,9-12H2,1H3,(H,22,25). The molecule has 2 N–H and O–H groups in total. The van der Waals surface area contributed by atoms with Gasteiger partial charge in [0.05, 0.1) is 5.69 Å². The van der Waals surface area contributed by atoms with E-state index in [1.165, 1.54) is 11.1 Å². The van der Waals surface area contributed by atoms with Crippen LogP contribution in [0.1, 0.15) is 16.8 Å². The molecule has 1 aliphatic rings. The largest absolute Gasteiger partial charge is 0.353 e. The van der Waals surface area contributed by atoms with Gasteiger partial charge in [0.1, 0.15) is 6.54 Å². The van der Waals surface area contributed by atoms with Crippen LogP contribution in [0.5, 0.6) is 0 Å². The molecule has 1 aliphatic heterocycles. The number of aromatic nitrogens is 3. The van der Waals surface area contributed by atoms with Crippen LogP contribution in [0, 0.1) is 6.92 Å². The zero-order valence-electron chi connectivity index (χ0n) is 14.2. The molecule has 6 nitrogen and oxygen atoms in total. The van der Waals surface area contributed by atoms with E-state index in [-0.39, 0.29) is 18.5 Å². The fourth-order valence-corrected chi connectivity index (χ4v) is 3.37. The summed E-state index contributed by atoms with van der Waals surface area (Å²) in [4.78, 5) is 16.7. The summed E-state index contributed by atoms with van der Waals surface area (Å²) >= 11 is 0. The molecule has 4 rings (SSSR count). The van der Waals surface area contributed by atoms with Crippen LogP contribution in [0.2, 0.25) is 0 Å². The average Bonchev–Trinajstić information content (AvgIpc) is 2.96. The lowest BCUT2D eigenvalue weighted by molar-refractivity contribution is -0.121. The molecule has 1 atom stereocenters. The van der Waals surface area contributed by atoms with Gasteiger partial charge in [-0.1, -0.05) is 24.3 Å². The number of nitrogens with one attached hydrogen (secondary N) is 2. The van der Waals surface area contributed by atoms with Crippen LogP contribution in [-0.4, -0.2) is 33.3 Å². The van der Waals surface area contributed by atoms with Crippen molar-refractivity contribution < 1.29 is 4.79 Å². The van der Waals surface area contributed by atoms with Crippen LogP contribution < -0.4 is 10.6 Å². The second-order valence-corrected chi connectivity index (χ2v) is 6.47. The summed E-state index contributed by atoms with van der Waals surface area (Å²) in [6, 6.07) is 12.6. The van der Waals surface area contributed by atoms with Crippen molar-refractivity contribution in [3.05, 3.63) is 59.4 Å². The number of pyridine rings is 1. The van der Waals surface area contributed by atoms with Crippen LogP contribution in [0.3, 0.4) is 0 Å². The van der Waals surface area contributed by atoms with E-state index in [1.54, 1.807) is 10.9 Å². The first-order valence-electron chi connectivity index (χ1n) is 8.56. The maximum atomic E-state index is 12.3. The predicted molar refractivity (Wildman–Crippen MR) is 96.0 cm³/mol. The summed E-state index contributed by atoms with van der Waals surface area (Å²) in [5, 5.41) is 11.9. The van der Waals surface area contributed by atoms with Crippen LogP contribution >= 0.6 is 0 Å². The molecular formula is C19H21N5O. The third kappa shape index (κ3) is 3.25. The Balaban J connectivity index is 1.37. The van der Waals surface area contributed by atoms with E-state index < -0.39 is 0 Å². The number of amides is 1. The first-order valence-corrected chi connectivity index (χ1v) is 8.56. The lowest BCUT2D eigenvalue weighted by Crippen LogP contribution is -2.45. The second kappa shape index (κ2) is 6.64. The molecule has 128 valence electrons. The lowest BCUT2D eigenvalue weighted by Gasteiger charge is -2.26. The maximum Gasteiger partial charge on any atom is 0.241 e. The zero-order chi connectivity index (χ0) is 17.2. The molecule has 0 fully saturated rings. The minimum absolute atomic E-state index is 0.0456. The molecule has 3 aromatic rings. The summed E-state index contributed by atoms with van der Waals surface area (Å²) in [5.74, 6) is -0.0456. The van der Waals surface area contributed by atoms with Crippen molar-refractivity contribution in [2.45, 2.75) is 32.5 Å². The van der Waals surface area contributed by atoms with Crippen LogP contribution in [0.25, 0.3) is 11.0 Å². The first-order chi connectivity index (χ1) is 12.2. The number of rotatable bonds is 4. The van der Waals surface area contributed by atoms with Gasteiger partial charge in [0.2, 0.25) is 5.91 Å². The van der Waals surface area contributed by atoms with E-state index in [0.717, 1.165) is 29.7 Å². The van der Waals surface area contributed by atoms with Gasteiger partial charge < -0.3 is 10.6 Å². The van der Waals surface area contributed by atoms with Crippen molar-refractivity contribution in [2.24, 2.45) is 0 Å². The quantitative estimate of drug-likeness (QED) is 0.759. The van der Waals surface area contributed by atoms with Crippen LogP contribution in [0.15, 0.2) is 42.6 Å². The monoisotopic (exact) mass is 335 g/mol. The predicted octanol–water partition coefficient (Wildman–Crippen LogP) is 1.57. The summed E-state index contributed by atoms with van der Waals surface area (Å²) < 4.78 is 1.67. The Hall–Kier alpha value is -2.73. The molecule has 0 bridgehead atoms. The van der Waals surface area contributed by atoms with Crippen molar-refractivity contribution in [3.8, 4) is 0 Å². The Labute approximate surface area is 146 Å². The van der Waals surface area contributed by atoms with E-state index in [0.29, 0.717) is 6.54 Å². The highest BCUT2D eigenvalue weighted by Gasteiger charge is 2.18. The summed E-state index contributed by atoms with van der Waals surface area (Å²) in [7, 11) is 0. The molecular weight excluding hydrogens is 314 g/mol. The fourth-order valence-electron chi connectivity index (χ4n) is 3.37. The molecule has 1 aromatic carbocycles. The molecule has 6 heteroatoms. The van der Waals surface area contributed by atoms with Crippen molar-refractivity contribution in [2.75, 3.05) is 6.54 Å². The third-order valence-electron chi connectivity index (χ3n) is 4.70. The number of hydrogen-bond acceptors (Lipinski definition) is 4. The van der Waals surface area contributed by atoms with Crippen molar-refractivity contribution in [3.63, 3.8) is 0 Å². The Morgan fingerprint density at radius 3 is 3.00 bits per heavy atom. The molecule has 3 heterocycles. The normalized spacial score (nSPS) is 16.6. The van der Waals surface area contributed by atoms with Gasteiger partial charge in [-0.05, 0) is 36.6 Å². The highest BCUT2D eigenvalue weighted by Crippen LogP contribution is 2.16. The van der Waals surface area contributed by atoms with E-state index in [4.69, 9.17) is 0 Å². The van der Waals surface area contributed by atoms with Gasteiger partial charge in [-0.15, -0.1) is 0 Å².